The first kappa shape index (κ1) is 16.5. The van der Waals surface area contributed by atoms with Crippen molar-refractivity contribution in [3.8, 4) is 0 Å². The van der Waals surface area contributed by atoms with E-state index in [4.69, 9.17) is 10.5 Å². The molecule has 0 unspecified atom stereocenters. The lowest BCUT2D eigenvalue weighted by Gasteiger charge is -2.39. The Morgan fingerprint density at radius 1 is 1.17 bits per heavy atom. The zero-order valence-corrected chi connectivity index (χ0v) is 14.0. The van der Waals surface area contributed by atoms with E-state index in [-0.39, 0.29) is 18.1 Å². The van der Waals surface area contributed by atoms with Crippen molar-refractivity contribution in [2.45, 2.75) is 31.9 Å². The van der Waals surface area contributed by atoms with Crippen LogP contribution < -0.4 is 5.73 Å². The average molecular weight is 324 g/mol. The highest BCUT2D eigenvalue weighted by Gasteiger charge is 2.31. The highest BCUT2D eigenvalue weighted by molar-refractivity contribution is 5.77. The molecule has 2 aromatic rings. The second-order valence-electron chi connectivity index (χ2n) is 6.32. The zero-order valence-electron chi connectivity index (χ0n) is 14.0. The number of nitrogen functional groups attached to an aromatic ring is 1. The van der Waals surface area contributed by atoms with Crippen molar-refractivity contribution < 1.29 is 9.53 Å². The van der Waals surface area contributed by atoms with E-state index >= 15 is 0 Å². The van der Waals surface area contributed by atoms with Crippen LogP contribution in [0.5, 0.6) is 0 Å². The lowest BCUT2D eigenvalue weighted by Crippen LogP contribution is -2.46. The topological polar surface area (TPSA) is 55.6 Å². The number of hydrogen-bond acceptors (Lipinski definition) is 3. The molecule has 1 heterocycles. The molecule has 24 heavy (non-hydrogen) atoms. The molecule has 2 N–H and O–H groups in total. The largest absolute Gasteiger partial charge is 0.399 e. The molecule has 4 heteroatoms. The molecule has 0 bridgehead atoms. The van der Waals surface area contributed by atoms with Gasteiger partial charge >= 0.3 is 0 Å². The maximum absolute atomic E-state index is 12.8. The number of carbonyl (C=O) groups is 1. The van der Waals surface area contributed by atoms with Crippen LogP contribution >= 0.6 is 0 Å². The van der Waals surface area contributed by atoms with Crippen molar-refractivity contribution in [2.75, 3.05) is 18.9 Å². The fraction of sp³-hybridized carbons (Fsp3) is 0.350. The predicted octanol–water partition coefficient (Wildman–Crippen LogP) is 3.19. The average Bonchev–Trinajstić information content (AvgIpc) is 2.61. The standard InChI is InChI=1S/C20H24N2O2/c1-15-13-22(19(14-24-15)17-8-3-2-4-9-17)20(23)12-11-16-7-5-6-10-18(16)21/h2-10,15,19H,11-14,21H2,1H3/t15-,19+/m0/s1. The van der Waals surface area contributed by atoms with E-state index in [2.05, 4.69) is 12.1 Å². The second kappa shape index (κ2) is 7.49. The highest BCUT2D eigenvalue weighted by Crippen LogP contribution is 2.27. The van der Waals surface area contributed by atoms with Crippen LogP contribution in [-0.4, -0.2) is 30.1 Å². The number of carbonyl (C=O) groups excluding carboxylic acids is 1. The first-order valence-electron chi connectivity index (χ1n) is 8.44. The zero-order chi connectivity index (χ0) is 16.9. The van der Waals surface area contributed by atoms with Gasteiger partial charge in [-0.2, -0.15) is 0 Å². The second-order valence-corrected chi connectivity index (χ2v) is 6.32. The van der Waals surface area contributed by atoms with Gasteiger partial charge in [0.25, 0.3) is 0 Å². The van der Waals surface area contributed by atoms with Crippen LogP contribution in [0.25, 0.3) is 0 Å². The third-order valence-corrected chi connectivity index (χ3v) is 4.54. The number of ether oxygens (including phenoxy) is 1. The van der Waals surface area contributed by atoms with Gasteiger partial charge in [0.05, 0.1) is 18.8 Å². The Hall–Kier alpha value is -2.33. The molecule has 126 valence electrons. The Morgan fingerprint density at radius 3 is 2.62 bits per heavy atom. The van der Waals surface area contributed by atoms with Gasteiger partial charge in [-0.05, 0) is 30.5 Å². The van der Waals surface area contributed by atoms with Gasteiger partial charge in [-0.1, -0.05) is 48.5 Å². The van der Waals surface area contributed by atoms with Gasteiger partial charge in [0.1, 0.15) is 0 Å². The first-order chi connectivity index (χ1) is 11.6. The van der Waals surface area contributed by atoms with Crippen LogP contribution in [0.3, 0.4) is 0 Å². The minimum Gasteiger partial charge on any atom is -0.399 e. The number of para-hydroxylation sites is 1. The summed E-state index contributed by atoms with van der Waals surface area (Å²) in [7, 11) is 0. The number of rotatable bonds is 4. The SMILES string of the molecule is C[C@H]1CN(C(=O)CCc2ccccc2N)[C@@H](c2ccccc2)CO1. The lowest BCUT2D eigenvalue weighted by molar-refractivity contribution is -0.144. The molecule has 0 saturated carbocycles. The molecule has 3 rings (SSSR count). The summed E-state index contributed by atoms with van der Waals surface area (Å²) in [6.45, 7) is 3.18. The molecule has 0 aromatic heterocycles. The molecule has 1 aliphatic heterocycles. The van der Waals surface area contributed by atoms with E-state index < -0.39 is 0 Å². The van der Waals surface area contributed by atoms with Crippen LogP contribution in [-0.2, 0) is 16.0 Å². The van der Waals surface area contributed by atoms with Gasteiger partial charge in [-0.3, -0.25) is 4.79 Å². The van der Waals surface area contributed by atoms with Crippen molar-refractivity contribution in [3.05, 3.63) is 65.7 Å². The van der Waals surface area contributed by atoms with Gasteiger partial charge in [0.2, 0.25) is 5.91 Å². The van der Waals surface area contributed by atoms with Gasteiger partial charge in [-0.25, -0.2) is 0 Å². The Balaban J connectivity index is 1.71. The molecule has 0 aliphatic carbocycles. The molecule has 1 fully saturated rings. The molecular weight excluding hydrogens is 300 g/mol. The number of anilines is 1. The summed E-state index contributed by atoms with van der Waals surface area (Å²) in [5.74, 6) is 0.155. The predicted molar refractivity (Wildman–Crippen MR) is 95.5 cm³/mol. The third kappa shape index (κ3) is 3.77. The number of aryl methyl sites for hydroxylation is 1. The quantitative estimate of drug-likeness (QED) is 0.879. The molecule has 1 amide bonds. The summed E-state index contributed by atoms with van der Waals surface area (Å²) >= 11 is 0. The monoisotopic (exact) mass is 324 g/mol. The van der Waals surface area contributed by atoms with Crippen molar-refractivity contribution >= 4 is 11.6 Å². The number of nitrogens with zero attached hydrogens (tertiary/aromatic N) is 1. The minimum atomic E-state index is -0.0111. The number of hydrogen-bond donors (Lipinski definition) is 1. The number of benzene rings is 2. The third-order valence-electron chi connectivity index (χ3n) is 4.54. The number of nitrogens with two attached hydrogens (primary N) is 1. The molecule has 0 spiro atoms. The van der Waals surface area contributed by atoms with Crippen molar-refractivity contribution in [1.29, 1.82) is 0 Å². The molecular formula is C20H24N2O2. The molecule has 0 radical (unpaired) electrons. The van der Waals surface area contributed by atoms with Crippen molar-refractivity contribution in [3.63, 3.8) is 0 Å². The Morgan fingerprint density at radius 2 is 1.88 bits per heavy atom. The van der Waals surface area contributed by atoms with Gasteiger partial charge in [-0.15, -0.1) is 0 Å². The molecule has 4 nitrogen and oxygen atoms in total. The maximum Gasteiger partial charge on any atom is 0.223 e. The Bertz CT molecular complexity index is 687. The van der Waals surface area contributed by atoms with Crippen molar-refractivity contribution in [2.24, 2.45) is 0 Å². The number of morpholine rings is 1. The Labute approximate surface area is 143 Å². The number of amides is 1. The summed E-state index contributed by atoms with van der Waals surface area (Å²) in [6, 6.07) is 17.8. The van der Waals surface area contributed by atoms with E-state index in [1.54, 1.807) is 0 Å². The fourth-order valence-corrected chi connectivity index (χ4v) is 3.18. The van der Waals surface area contributed by atoms with E-state index in [0.717, 1.165) is 16.8 Å². The van der Waals surface area contributed by atoms with Gasteiger partial charge in [0, 0.05) is 18.7 Å². The first-order valence-corrected chi connectivity index (χ1v) is 8.44. The van der Waals surface area contributed by atoms with Crippen molar-refractivity contribution in [1.82, 2.24) is 4.90 Å². The molecule has 1 aliphatic rings. The molecule has 1 saturated heterocycles. The van der Waals surface area contributed by atoms with Crippen LogP contribution in [0.4, 0.5) is 5.69 Å². The maximum atomic E-state index is 12.8. The van der Waals surface area contributed by atoms with Crippen LogP contribution in [0.2, 0.25) is 0 Å². The van der Waals surface area contributed by atoms with E-state index in [0.29, 0.717) is 26.0 Å². The summed E-state index contributed by atoms with van der Waals surface area (Å²) in [6.07, 6.45) is 1.19. The minimum absolute atomic E-state index is 0.0111. The smallest absolute Gasteiger partial charge is 0.223 e. The fourth-order valence-electron chi connectivity index (χ4n) is 3.18. The Kier molecular flexibility index (Phi) is 5.16. The lowest BCUT2D eigenvalue weighted by atomic mass is 10.0. The van der Waals surface area contributed by atoms with E-state index in [9.17, 15) is 4.79 Å². The highest BCUT2D eigenvalue weighted by atomic mass is 16.5. The summed E-state index contributed by atoms with van der Waals surface area (Å²) in [4.78, 5) is 14.8. The molecule has 2 aromatic carbocycles. The summed E-state index contributed by atoms with van der Waals surface area (Å²) in [5.41, 5.74) is 8.88. The molecule has 2 atom stereocenters. The van der Waals surface area contributed by atoms with Crippen LogP contribution in [0.15, 0.2) is 54.6 Å². The normalized spacial score (nSPS) is 20.8. The van der Waals surface area contributed by atoms with E-state index in [1.165, 1.54) is 0 Å². The van der Waals surface area contributed by atoms with Crippen LogP contribution in [0.1, 0.15) is 30.5 Å². The van der Waals surface area contributed by atoms with E-state index in [1.807, 2.05) is 54.3 Å². The van der Waals surface area contributed by atoms with Crippen LogP contribution in [0, 0.1) is 0 Å². The summed E-state index contributed by atoms with van der Waals surface area (Å²) < 4.78 is 5.79. The van der Waals surface area contributed by atoms with Gasteiger partial charge in [0.15, 0.2) is 0 Å². The summed E-state index contributed by atoms with van der Waals surface area (Å²) in [5, 5.41) is 0. The van der Waals surface area contributed by atoms with Gasteiger partial charge < -0.3 is 15.4 Å².